The summed E-state index contributed by atoms with van der Waals surface area (Å²) < 4.78 is 23.6. The van der Waals surface area contributed by atoms with Crippen LogP contribution < -0.4 is 5.32 Å². The Morgan fingerprint density at radius 3 is 1.21 bits per heavy atom. The van der Waals surface area contributed by atoms with Crippen LogP contribution in [0.2, 0.25) is 0 Å². The zero-order chi connectivity index (χ0) is 53.5. The van der Waals surface area contributed by atoms with E-state index in [0.717, 1.165) is 109 Å². The zero-order valence-corrected chi connectivity index (χ0v) is 48.2. The lowest BCUT2D eigenvalue weighted by Gasteiger charge is -2.25. The van der Waals surface area contributed by atoms with Crippen LogP contribution in [0.15, 0.2) is 134 Å². The fourth-order valence-corrected chi connectivity index (χ4v) is 8.33. The number of likely N-dealkylation sites (N-methyl/N-ethyl adjacent to an activating group) is 1. The van der Waals surface area contributed by atoms with E-state index in [0.29, 0.717) is 17.4 Å². The van der Waals surface area contributed by atoms with E-state index >= 15 is 0 Å². The van der Waals surface area contributed by atoms with Gasteiger partial charge in [-0.1, -0.05) is 244 Å². The summed E-state index contributed by atoms with van der Waals surface area (Å²) >= 11 is 0. The van der Waals surface area contributed by atoms with Gasteiger partial charge in [0, 0.05) is 6.42 Å². The van der Waals surface area contributed by atoms with Crippen molar-refractivity contribution in [2.45, 2.75) is 225 Å². The van der Waals surface area contributed by atoms with E-state index in [1.807, 2.05) is 27.2 Å². The molecule has 0 spiro atoms. The highest BCUT2D eigenvalue weighted by Crippen LogP contribution is 2.43. The SMILES string of the molecule is CC/C=C\C/C=C\C/C=C\C/C=C\C/C=C\C/C=C\C/C=C\C/C=C\C/C=C\C/C=C\CCCCCCCCCCCCC(=O)NC(COP(=O)(O)OCC[N+](C)(C)C)C(O)/C=C/CCCCCCCCCC. The van der Waals surface area contributed by atoms with E-state index in [1.54, 1.807) is 6.08 Å². The quantitative estimate of drug-likeness (QED) is 0.0243. The maximum Gasteiger partial charge on any atom is 0.472 e. The van der Waals surface area contributed by atoms with Crippen LogP contribution in [0.4, 0.5) is 0 Å². The number of nitrogens with one attached hydrogen (secondary N) is 1. The summed E-state index contributed by atoms with van der Waals surface area (Å²) in [6, 6.07) is -0.855. The van der Waals surface area contributed by atoms with Crippen molar-refractivity contribution in [2.75, 3.05) is 40.9 Å². The molecule has 3 atom stereocenters. The third-order valence-corrected chi connectivity index (χ3v) is 13.1. The van der Waals surface area contributed by atoms with Gasteiger partial charge in [-0.15, -0.1) is 0 Å². The predicted octanol–water partition coefficient (Wildman–Crippen LogP) is 17.9. The summed E-state index contributed by atoms with van der Waals surface area (Å²) in [5.74, 6) is -0.189. The number of phosphoric ester groups is 1. The van der Waals surface area contributed by atoms with Crippen molar-refractivity contribution >= 4 is 13.7 Å². The zero-order valence-electron chi connectivity index (χ0n) is 47.3. The van der Waals surface area contributed by atoms with Crippen LogP contribution in [-0.2, 0) is 18.4 Å². The maximum absolute atomic E-state index is 12.9. The molecular weight excluding hydrogens is 924 g/mol. The first kappa shape index (κ1) is 69.6. The van der Waals surface area contributed by atoms with E-state index < -0.39 is 20.0 Å². The summed E-state index contributed by atoms with van der Waals surface area (Å²) in [6.45, 7) is 4.65. The number of rotatable bonds is 51. The van der Waals surface area contributed by atoms with Crippen LogP contribution in [0.25, 0.3) is 0 Å². The van der Waals surface area contributed by atoms with Crippen LogP contribution in [0.1, 0.15) is 213 Å². The van der Waals surface area contributed by atoms with E-state index in [4.69, 9.17) is 9.05 Å². The molecule has 0 aromatic heterocycles. The van der Waals surface area contributed by atoms with E-state index in [9.17, 15) is 19.4 Å². The van der Waals surface area contributed by atoms with E-state index in [1.165, 1.54) is 83.5 Å². The molecule has 0 saturated heterocycles. The Labute approximate surface area is 449 Å². The molecule has 0 radical (unpaired) electrons. The Bertz CT molecular complexity index is 1640. The maximum atomic E-state index is 12.9. The lowest BCUT2D eigenvalue weighted by molar-refractivity contribution is -0.870. The molecule has 8 nitrogen and oxygen atoms in total. The predicted molar refractivity (Wildman–Crippen MR) is 318 cm³/mol. The Hall–Kier alpha value is -3.36. The summed E-state index contributed by atoms with van der Waals surface area (Å²) in [4.78, 5) is 23.2. The van der Waals surface area contributed by atoms with Crippen molar-refractivity contribution in [2.24, 2.45) is 0 Å². The molecule has 0 aromatic carbocycles. The number of aliphatic hydroxyl groups excluding tert-OH is 1. The highest BCUT2D eigenvalue weighted by Gasteiger charge is 2.27. The number of amides is 1. The van der Waals surface area contributed by atoms with E-state index in [2.05, 4.69) is 141 Å². The number of aliphatic hydroxyl groups is 1. The van der Waals surface area contributed by atoms with Crippen molar-refractivity contribution < 1.29 is 32.9 Å². The Morgan fingerprint density at radius 2 is 0.822 bits per heavy atom. The number of hydrogen-bond acceptors (Lipinski definition) is 5. The summed E-state index contributed by atoms with van der Waals surface area (Å²) in [6.07, 6.45) is 81.4. The minimum absolute atomic E-state index is 0.0547. The molecule has 9 heteroatoms. The minimum Gasteiger partial charge on any atom is -0.387 e. The molecular formula is C64H110N2O6P+. The molecule has 0 aliphatic carbocycles. The number of carbonyl (C=O) groups excluding carboxylic acids is 1. The first-order valence-electron chi connectivity index (χ1n) is 29.1. The van der Waals surface area contributed by atoms with Gasteiger partial charge in [-0.2, -0.15) is 0 Å². The number of quaternary nitrogens is 1. The molecule has 0 aliphatic heterocycles. The number of carbonyl (C=O) groups is 1. The van der Waals surface area contributed by atoms with Gasteiger partial charge >= 0.3 is 7.82 Å². The number of phosphoric acid groups is 1. The average Bonchev–Trinajstić information content (AvgIpc) is 3.35. The van der Waals surface area contributed by atoms with Gasteiger partial charge in [0.05, 0.1) is 39.9 Å². The third kappa shape index (κ3) is 56.2. The third-order valence-electron chi connectivity index (χ3n) is 12.1. The fraction of sp³-hybridized carbons (Fsp3) is 0.641. The van der Waals surface area contributed by atoms with Crippen LogP contribution in [-0.4, -0.2) is 73.4 Å². The molecule has 0 fully saturated rings. The monoisotopic (exact) mass is 1030 g/mol. The van der Waals surface area contributed by atoms with Gasteiger partial charge in [-0.25, -0.2) is 4.57 Å². The standard InChI is InChI=1S/C64H109N2O6P/c1-6-8-10-12-14-16-18-19-20-21-22-23-24-25-26-27-28-29-30-31-32-33-34-35-36-37-38-39-40-41-42-43-44-45-46-47-48-50-52-54-56-58-64(68)65-62(61-72-73(69,70)71-60-59-66(3,4)5)63(67)57-55-53-51-49-17-15-13-11-9-7-2/h8,10,14,16,19-20,22-23,25-26,28-29,31-32,34-35,37-38,40-41,55,57,62-63,67H,6-7,9,11-13,15,17-18,21,24,27,30,33,36,39,42-54,56,58-61H2,1-5H3,(H-,65,68,69,70)/p+1/b10-8-,16-14-,20-19-,23-22-,26-25-,29-28-,32-31-,35-34-,38-37-,41-40-,57-55+. The fourth-order valence-electron chi connectivity index (χ4n) is 7.60. The topological polar surface area (TPSA) is 105 Å². The second-order valence-electron chi connectivity index (χ2n) is 20.3. The van der Waals surface area contributed by atoms with Gasteiger partial charge in [-0.05, 0) is 96.3 Å². The minimum atomic E-state index is -4.35. The second-order valence-corrected chi connectivity index (χ2v) is 21.7. The normalized spacial score (nSPS) is 14.9. The van der Waals surface area contributed by atoms with Crippen molar-refractivity contribution in [3.8, 4) is 0 Å². The molecule has 73 heavy (non-hydrogen) atoms. The molecule has 416 valence electrons. The van der Waals surface area contributed by atoms with Gasteiger partial charge in [-0.3, -0.25) is 13.8 Å². The lowest BCUT2D eigenvalue weighted by Crippen LogP contribution is -2.45. The molecule has 3 N–H and O–H groups in total. The van der Waals surface area contributed by atoms with Crippen molar-refractivity contribution in [1.82, 2.24) is 5.32 Å². The highest BCUT2D eigenvalue weighted by molar-refractivity contribution is 7.47. The highest BCUT2D eigenvalue weighted by atomic mass is 31.2. The largest absolute Gasteiger partial charge is 0.472 e. The van der Waals surface area contributed by atoms with Crippen molar-refractivity contribution in [3.05, 3.63) is 134 Å². The van der Waals surface area contributed by atoms with Crippen LogP contribution >= 0.6 is 7.82 Å². The average molecular weight is 1030 g/mol. The van der Waals surface area contributed by atoms with Crippen LogP contribution in [0.5, 0.6) is 0 Å². The second kappa shape index (κ2) is 53.5. The summed E-state index contributed by atoms with van der Waals surface area (Å²) in [7, 11) is 1.55. The summed E-state index contributed by atoms with van der Waals surface area (Å²) in [5, 5.41) is 13.8. The van der Waals surface area contributed by atoms with Gasteiger partial charge in [0.2, 0.25) is 5.91 Å². The lowest BCUT2D eigenvalue weighted by atomic mass is 10.0. The van der Waals surface area contributed by atoms with E-state index in [-0.39, 0.29) is 19.1 Å². The molecule has 3 unspecified atom stereocenters. The van der Waals surface area contributed by atoms with Gasteiger partial charge in [0.15, 0.2) is 0 Å². The molecule has 0 aliphatic rings. The smallest absolute Gasteiger partial charge is 0.387 e. The molecule has 0 saturated carbocycles. The molecule has 0 heterocycles. The first-order chi connectivity index (χ1) is 35.5. The Kier molecular flexibility index (Phi) is 51.0. The Morgan fingerprint density at radius 1 is 0.479 bits per heavy atom. The van der Waals surface area contributed by atoms with Gasteiger partial charge < -0.3 is 19.8 Å². The first-order valence-corrected chi connectivity index (χ1v) is 30.6. The van der Waals surface area contributed by atoms with Gasteiger partial charge in [0.1, 0.15) is 13.2 Å². The number of allylic oxidation sites excluding steroid dienone is 21. The number of nitrogens with zero attached hydrogens (tertiary/aromatic N) is 1. The van der Waals surface area contributed by atoms with Crippen LogP contribution in [0, 0.1) is 0 Å². The molecule has 1 amide bonds. The van der Waals surface area contributed by atoms with Gasteiger partial charge in [0.25, 0.3) is 0 Å². The number of hydrogen-bond donors (Lipinski definition) is 3. The van der Waals surface area contributed by atoms with Crippen LogP contribution in [0.3, 0.4) is 0 Å². The molecule has 0 rings (SSSR count). The molecule has 0 bridgehead atoms. The molecule has 0 aromatic rings. The summed E-state index contributed by atoms with van der Waals surface area (Å²) in [5.41, 5.74) is 0. The van der Waals surface area contributed by atoms with Crippen molar-refractivity contribution in [3.63, 3.8) is 0 Å². The Balaban J connectivity index is 4.04. The van der Waals surface area contributed by atoms with Crippen molar-refractivity contribution in [1.29, 1.82) is 0 Å². The number of unbranched alkanes of at least 4 members (excludes halogenated alkanes) is 18.